The third kappa shape index (κ3) is 3.45. The maximum Gasteiger partial charge on any atom is 0.336 e. The molecule has 21 heavy (non-hydrogen) atoms. The van der Waals surface area contributed by atoms with Crippen LogP contribution in [0.15, 0.2) is 60.7 Å². The Hall–Kier alpha value is -1.80. The minimum absolute atomic E-state index is 0.392. The highest BCUT2D eigenvalue weighted by molar-refractivity contribution is 6.36. The number of alkyl halides is 1. The van der Waals surface area contributed by atoms with Gasteiger partial charge in [0.1, 0.15) is 0 Å². The first-order chi connectivity index (χ1) is 10.2. The van der Waals surface area contributed by atoms with Crippen LogP contribution in [0.25, 0.3) is 0 Å². The summed E-state index contributed by atoms with van der Waals surface area (Å²) >= 11 is 6.74. The van der Waals surface area contributed by atoms with Gasteiger partial charge in [0.15, 0.2) is 4.87 Å². The van der Waals surface area contributed by atoms with Crippen molar-refractivity contribution in [3.63, 3.8) is 0 Å². The smallest absolute Gasteiger partial charge is 0.336 e. The fraction of sp³-hybridized carbons (Fsp3) is 0.278. The van der Waals surface area contributed by atoms with Crippen LogP contribution in [0.4, 0.5) is 0 Å². The summed E-state index contributed by atoms with van der Waals surface area (Å²) in [7, 11) is 0. The minimum Gasteiger partial charge on any atom is -0.464 e. The maximum atomic E-state index is 12.6. The van der Waals surface area contributed by atoms with Gasteiger partial charge in [-0.2, -0.15) is 0 Å². The van der Waals surface area contributed by atoms with E-state index in [0.717, 1.165) is 24.0 Å². The van der Waals surface area contributed by atoms with E-state index in [1.165, 1.54) is 0 Å². The Morgan fingerprint density at radius 3 is 1.90 bits per heavy atom. The van der Waals surface area contributed by atoms with Crippen molar-refractivity contribution in [2.75, 3.05) is 6.61 Å². The van der Waals surface area contributed by atoms with E-state index in [1.54, 1.807) is 0 Å². The molecule has 0 N–H and O–H groups in total. The Morgan fingerprint density at radius 1 is 1.00 bits per heavy atom. The van der Waals surface area contributed by atoms with E-state index >= 15 is 0 Å². The normalized spacial score (nSPS) is 11.1. The van der Waals surface area contributed by atoms with Crippen molar-refractivity contribution in [2.45, 2.75) is 24.6 Å². The van der Waals surface area contributed by atoms with Gasteiger partial charge in [-0.05, 0) is 17.5 Å². The molecule has 0 aliphatic heterocycles. The second-order valence-electron chi connectivity index (χ2n) is 4.88. The maximum absolute atomic E-state index is 12.6. The van der Waals surface area contributed by atoms with E-state index < -0.39 is 10.8 Å². The van der Waals surface area contributed by atoms with Gasteiger partial charge in [0, 0.05) is 0 Å². The molecule has 0 saturated heterocycles. The largest absolute Gasteiger partial charge is 0.464 e. The summed E-state index contributed by atoms with van der Waals surface area (Å²) in [5.74, 6) is -0.421. The fourth-order valence-electron chi connectivity index (χ4n) is 2.15. The summed E-state index contributed by atoms with van der Waals surface area (Å²) in [6.45, 7) is 2.44. The molecule has 2 aromatic rings. The summed E-state index contributed by atoms with van der Waals surface area (Å²) in [6, 6.07) is 18.7. The van der Waals surface area contributed by atoms with Crippen molar-refractivity contribution in [3.05, 3.63) is 71.8 Å². The Bertz CT molecular complexity index is 527. The summed E-state index contributed by atoms with van der Waals surface area (Å²) < 4.78 is 5.39. The van der Waals surface area contributed by atoms with Crippen molar-refractivity contribution in [1.82, 2.24) is 0 Å². The van der Waals surface area contributed by atoms with Crippen LogP contribution in [0.2, 0.25) is 0 Å². The third-order valence-corrected chi connectivity index (χ3v) is 3.95. The highest BCUT2D eigenvalue weighted by atomic mass is 35.5. The van der Waals surface area contributed by atoms with Gasteiger partial charge in [0.2, 0.25) is 0 Å². The molecular weight excluding hydrogens is 284 g/mol. The van der Waals surface area contributed by atoms with Crippen LogP contribution in [-0.4, -0.2) is 12.6 Å². The first kappa shape index (κ1) is 15.6. The first-order valence-corrected chi connectivity index (χ1v) is 7.54. The molecule has 0 spiro atoms. The van der Waals surface area contributed by atoms with Gasteiger partial charge in [-0.25, -0.2) is 4.79 Å². The molecule has 0 aliphatic carbocycles. The van der Waals surface area contributed by atoms with Crippen molar-refractivity contribution in [1.29, 1.82) is 0 Å². The molecule has 0 aromatic heterocycles. The molecule has 2 nitrogen and oxygen atoms in total. The van der Waals surface area contributed by atoms with Crippen molar-refractivity contribution >= 4 is 17.6 Å². The molecule has 0 radical (unpaired) electrons. The lowest BCUT2D eigenvalue weighted by Gasteiger charge is -2.26. The van der Waals surface area contributed by atoms with Gasteiger partial charge < -0.3 is 4.74 Å². The summed E-state index contributed by atoms with van der Waals surface area (Å²) in [4.78, 5) is 11.3. The van der Waals surface area contributed by atoms with E-state index in [-0.39, 0.29) is 0 Å². The number of benzene rings is 2. The van der Waals surface area contributed by atoms with E-state index in [1.807, 2.05) is 60.7 Å². The minimum atomic E-state index is -1.30. The number of ether oxygens (including phenoxy) is 1. The van der Waals surface area contributed by atoms with E-state index in [2.05, 4.69) is 6.92 Å². The lowest BCUT2D eigenvalue weighted by Crippen LogP contribution is -2.33. The molecule has 0 heterocycles. The SMILES string of the molecule is CCCCOC(=O)C(Cl)(c1ccccc1)c1ccccc1. The average molecular weight is 303 g/mol. The quantitative estimate of drug-likeness (QED) is 0.446. The lowest BCUT2D eigenvalue weighted by molar-refractivity contribution is -0.146. The molecule has 0 fully saturated rings. The van der Waals surface area contributed by atoms with Crippen LogP contribution in [0.5, 0.6) is 0 Å². The van der Waals surface area contributed by atoms with Gasteiger partial charge in [0.25, 0.3) is 0 Å². The second-order valence-corrected chi connectivity index (χ2v) is 5.45. The van der Waals surface area contributed by atoms with Crippen LogP contribution >= 0.6 is 11.6 Å². The number of hydrogen-bond acceptors (Lipinski definition) is 2. The van der Waals surface area contributed by atoms with Gasteiger partial charge >= 0.3 is 5.97 Å². The van der Waals surface area contributed by atoms with E-state index in [9.17, 15) is 4.79 Å². The number of unbranched alkanes of at least 4 members (excludes halogenated alkanes) is 1. The number of hydrogen-bond donors (Lipinski definition) is 0. The molecule has 110 valence electrons. The van der Waals surface area contributed by atoms with Crippen LogP contribution in [0.1, 0.15) is 30.9 Å². The molecule has 0 amide bonds. The fourth-order valence-corrected chi connectivity index (χ4v) is 2.45. The molecule has 0 aliphatic rings. The number of carbonyl (C=O) groups excluding carboxylic acids is 1. The zero-order chi connectivity index (χ0) is 15.1. The number of rotatable bonds is 6. The molecular formula is C18H19ClO2. The van der Waals surface area contributed by atoms with Gasteiger partial charge in [0.05, 0.1) is 6.61 Å². The first-order valence-electron chi connectivity index (χ1n) is 7.16. The number of carbonyl (C=O) groups is 1. The average Bonchev–Trinajstić information content (AvgIpc) is 2.56. The third-order valence-electron chi connectivity index (χ3n) is 3.36. The Balaban J connectivity index is 2.38. The number of esters is 1. The topological polar surface area (TPSA) is 26.3 Å². The molecule has 0 saturated carbocycles. The zero-order valence-electron chi connectivity index (χ0n) is 12.1. The molecule has 0 unspecified atom stereocenters. The highest BCUT2D eigenvalue weighted by Gasteiger charge is 2.41. The molecule has 2 aromatic carbocycles. The molecule has 0 bridgehead atoms. The van der Waals surface area contributed by atoms with Crippen molar-refractivity contribution in [3.8, 4) is 0 Å². The van der Waals surface area contributed by atoms with Crippen LogP contribution in [0, 0.1) is 0 Å². The Kier molecular flexibility index (Phi) is 5.40. The molecule has 0 atom stereocenters. The van der Waals surface area contributed by atoms with Gasteiger partial charge in [-0.3, -0.25) is 0 Å². The highest BCUT2D eigenvalue weighted by Crippen LogP contribution is 2.37. The van der Waals surface area contributed by atoms with Gasteiger partial charge in [-0.15, -0.1) is 0 Å². The molecule has 2 rings (SSSR count). The number of halogens is 1. The van der Waals surface area contributed by atoms with Crippen molar-refractivity contribution < 1.29 is 9.53 Å². The summed E-state index contributed by atoms with van der Waals surface area (Å²) in [6.07, 6.45) is 1.81. The summed E-state index contributed by atoms with van der Waals surface area (Å²) in [5, 5.41) is 0. The Labute approximate surface area is 130 Å². The van der Waals surface area contributed by atoms with Crippen LogP contribution < -0.4 is 0 Å². The van der Waals surface area contributed by atoms with E-state index in [0.29, 0.717) is 6.61 Å². The molecule has 3 heteroatoms. The lowest BCUT2D eigenvalue weighted by atomic mass is 9.90. The second kappa shape index (κ2) is 7.28. The predicted molar refractivity (Wildman–Crippen MR) is 85.4 cm³/mol. The standard InChI is InChI=1S/C18H19ClO2/c1-2-3-14-21-17(20)18(19,15-10-6-4-7-11-15)16-12-8-5-9-13-16/h4-13H,2-3,14H2,1H3. The van der Waals surface area contributed by atoms with Crippen molar-refractivity contribution in [2.24, 2.45) is 0 Å². The Morgan fingerprint density at radius 2 is 1.48 bits per heavy atom. The van der Waals surface area contributed by atoms with E-state index in [4.69, 9.17) is 16.3 Å². The van der Waals surface area contributed by atoms with Crippen LogP contribution in [0.3, 0.4) is 0 Å². The monoisotopic (exact) mass is 302 g/mol. The predicted octanol–water partition coefficient (Wildman–Crippen LogP) is 4.51. The van der Waals surface area contributed by atoms with Crippen LogP contribution in [-0.2, 0) is 14.4 Å². The zero-order valence-corrected chi connectivity index (χ0v) is 12.8. The van der Waals surface area contributed by atoms with Gasteiger partial charge in [-0.1, -0.05) is 85.6 Å². The summed E-state index contributed by atoms with van der Waals surface area (Å²) in [5.41, 5.74) is 1.44.